The van der Waals surface area contributed by atoms with Crippen LogP contribution in [0.2, 0.25) is 0 Å². The first-order chi connectivity index (χ1) is 17.0. The van der Waals surface area contributed by atoms with Crippen molar-refractivity contribution in [3.05, 3.63) is 0 Å². The first-order valence-electron chi connectivity index (χ1n) is 14.7. The third-order valence-corrected chi connectivity index (χ3v) is 12.2. The van der Waals surface area contributed by atoms with Crippen LogP contribution in [0.4, 0.5) is 0 Å². The van der Waals surface area contributed by atoms with Gasteiger partial charge in [0.25, 0.3) is 0 Å². The van der Waals surface area contributed by atoms with Crippen molar-refractivity contribution < 1.29 is 28.8 Å². The van der Waals surface area contributed by atoms with Crippen LogP contribution in [0, 0.1) is 0 Å². The van der Waals surface area contributed by atoms with Gasteiger partial charge >= 0.3 is 0 Å². The van der Waals surface area contributed by atoms with E-state index in [9.17, 15) is 5.11 Å². The van der Waals surface area contributed by atoms with Crippen LogP contribution in [0.5, 0.6) is 0 Å². The van der Waals surface area contributed by atoms with Gasteiger partial charge in [-0.15, -0.1) is 0 Å². The molecule has 10 atom stereocenters. The number of hydrogen-bond acceptors (Lipinski definition) is 6. The predicted molar refractivity (Wildman–Crippen MR) is 147 cm³/mol. The lowest BCUT2D eigenvalue weighted by Crippen LogP contribution is -2.59. The highest BCUT2D eigenvalue weighted by Crippen LogP contribution is 2.52. The van der Waals surface area contributed by atoms with E-state index in [-0.39, 0.29) is 58.5 Å². The van der Waals surface area contributed by atoms with Crippen molar-refractivity contribution in [3.63, 3.8) is 0 Å². The predicted octanol–water partition coefficient (Wildman–Crippen LogP) is 6.23. The van der Waals surface area contributed by atoms with Gasteiger partial charge in [-0.2, -0.15) is 0 Å². The topological polar surface area (TPSA) is 66.4 Å². The monoisotopic (exact) mass is 586 g/mol. The molecule has 5 saturated heterocycles. The highest BCUT2D eigenvalue weighted by Gasteiger charge is 2.58. The summed E-state index contributed by atoms with van der Waals surface area (Å²) in [6, 6.07) is 0. The van der Waals surface area contributed by atoms with E-state index >= 15 is 0 Å². The van der Waals surface area contributed by atoms with Crippen molar-refractivity contribution in [2.75, 3.05) is 0 Å². The molecule has 214 valence electrons. The van der Waals surface area contributed by atoms with Gasteiger partial charge in [0.1, 0.15) is 0 Å². The van der Waals surface area contributed by atoms with E-state index in [2.05, 4.69) is 57.5 Å². The molecule has 1 N–H and O–H groups in total. The maximum atomic E-state index is 10.5. The summed E-state index contributed by atoms with van der Waals surface area (Å²) in [4.78, 5) is 0.321. The Bertz CT molecular complexity index is 859. The lowest BCUT2D eigenvalue weighted by atomic mass is 9.79. The van der Waals surface area contributed by atoms with Crippen molar-refractivity contribution >= 4 is 15.9 Å². The molecule has 5 heterocycles. The second-order valence-electron chi connectivity index (χ2n) is 14.7. The van der Waals surface area contributed by atoms with Crippen LogP contribution in [0.1, 0.15) is 120 Å². The maximum absolute atomic E-state index is 10.5. The van der Waals surface area contributed by atoms with Gasteiger partial charge in [-0.25, -0.2) is 0 Å². The van der Waals surface area contributed by atoms with Gasteiger partial charge in [0.15, 0.2) is 0 Å². The van der Waals surface area contributed by atoms with Crippen LogP contribution in [0.3, 0.4) is 0 Å². The zero-order valence-corrected chi connectivity index (χ0v) is 26.0. The fraction of sp³-hybridized carbons (Fsp3) is 1.00. The van der Waals surface area contributed by atoms with Crippen molar-refractivity contribution in [1.82, 2.24) is 0 Å². The molecule has 37 heavy (non-hydrogen) atoms. The van der Waals surface area contributed by atoms with Gasteiger partial charge in [-0.05, 0) is 120 Å². The summed E-state index contributed by atoms with van der Waals surface area (Å²) in [7, 11) is 0. The fourth-order valence-corrected chi connectivity index (χ4v) is 8.19. The lowest BCUT2D eigenvalue weighted by molar-refractivity contribution is -0.278. The Hall–Kier alpha value is 0.240. The first-order valence-corrected chi connectivity index (χ1v) is 15.7. The summed E-state index contributed by atoms with van der Waals surface area (Å²) in [5, 5.41) is 10.5. The summed E-state index contributed by atoms with van der Waals surface area (Å²) < 4.78 is 33.7. The summed E-state index contributed by atoms with van der Waals surface area (Å²) >= 11 is 3.87. The normalized spacial score (nSPS) is 52.7. The largest absolute Gasteiger partial charge is 0.388 e. The van der Waals surface area contributed by atoms with Crippen molar-refractivity contribution in [2.45, 2.75) is 189 Å². The molecular formula is C30H51BrO6. The van der Waals surface area contributed by atoms with Gasteiger partial charge in [0.2, 0.25) is 0 Å². The molecule has 0 saturated carbocycles. The number of alkyl halides is 1. The fourth-order valence-electron chi connectivity index (χ4n) is 7.85. The summed E-state index contributed by atoms with van der Waals surface area (Å²) in [5.41, 5.74) is -2.35. The van der Waals surface area contributed by atoms with E-state index in [1.165, 1.54) is 0 Å². The Labute approximate surface area is 233 Å². The molecule has 7 heteroatoms. The summed E-state index contributed by atoms with van der Waals surface area (Å²) in [6.07, 6.45) is 9.74. The third kappa shape index (κ3) is 5.22. The SMILES string of the molecule is CC(C)(O)[C@@H]1CC[C@@](C)([C@H]2CC[C@](C)([C@@H]3CC[C@@H]([C@@]4(C)CC[C@@H]5OC(C)(C)[C@H](Br)CC[C@@]5(C)O4)O3)O2)O1. The molecule has 0 aromatic carbocycles. The van der Waals surface area contributed by atoms with E-state index in [0.717, 1.165) is 64.2 Å². The van der Waals surface area contributed by atoms with E-state index in [1.807, 2.05) is 13.8 Å². The average molecular weight is 588 g/mol. The standard InChI is InChI=1S/C30H51BrO6/c1-25(2,32)20-12-16-28(6,35-20)23-13-17-27(5,36-23)21-9-10-22(33-21)29(7)18-14-24-30(8,37-29)15-11-19(31)26(3,4)34-24/h19-24,32H,9-18H2,1-8H3/t19-,20+,21+,22+,23-,24+,27-,28+,29-,30-/m1/s1. The highest BCUT2D eigenvalue weighted by molar-refractivity contribution is 9.09. The van der Waals surface area contributed by atoms with Gasteiger partial charge in [-0.3, -0.25) is 0 Å². The van der Waals surface area contributed by atoms with E-state index < -0.39 is 5.60 Å². The second-order valence-corrected chi connectivity index (χ2v) is 15.8. The van der Waals surface area contributed by atoms with Crippen molar-refractivity contribution in [3.8, 4) is 0 Å². The Kier molecular flexibility index (Phi) is 7.30. The Morgan fingerprint density at radius 3 is 1.73 bits per heavy atom. The number of rotatable bonds is 4. The van der Waals surface area contributed by atoms with E-state index in [1.54, 1.807) is 0 Å². The molecular weight excluding hydrogens is 536 g/mol. The zero-order chi connectivity index (χ0) is 27.1. The van der Waals surface area contributed by atoms with Crippen LogP contribution < -0.4 is 0 Å². The second kappa shape index (κ2) is 9.39. The number of halogens is 1. The van der Waals surface area contributed by atoms with Crippen LogP contribution >= 0.6 is 15.9 Å². The number of fused-ring (bicyclic) bond motifs is 1. The smallest absolute Gasteiger partial charge is 0.0924 e. The molecule has 0 aliphatic carbocycles. The average Bonchev–Trinajstić information content (AvgIpc) is 3.52. The lowest BCUT2D eigenvalue weighted by Gasteiger charge is -2.51. The van der Waals surface area contributed by atoms with Crippen LogP contribution in [0.25, 0.3) is 0 Å². The van der Waals surface area contributed by atoms with E-state index in [4.69, 9.17) is 23.7 Å². The highest BCUT2D eigenvalue weighted by atomic mass is 79.9. The van der Waals surface area contributed by atoms with Gasteiger partial charge in [-0.1, -0.05) is 15.9 Å². The summed E-state index contributed by atoms with van der Waals surface area (Å²) in [5.74, 6) is 0. The first kappa shape index (κ1) is 28.8. The van der Waals surface area contributed by atoms with Gasteiger partial charge in [0, 0.05) is 4.83 Å². The molecule has 0 aromatic rings. The minimum atomic E-state index is -0.833. The third-order valence-electron chi connectivity index (χ3n) is 10.6. The Morgan fingerprint density at radius 2 is 1.11 bits per heavy atom. The Balaban J connectivity index is 1.23. The molecule has 0 aromatic heterocycles. The van der Waals surface area contributed by atoms with Gasteiger partial charge < -0.3 is 28.8 Å². The molecule has 5 rings (SSSR count). The molecule has 6 nitrogen and oxygen atoms in total. The van der Waals surface area contributed by atoms with Crippen molar-refractivity contribution in [2.24, 2.45) is 0 Å². The molecule has 5 aliphatic heterocycles. The van der Waals surface area contributed by atoms with Crippen LogP contribution in [-0.4, -0.2) is 74.1 Å². The number of ether oxygens (including phenoxy) is 5. The Morgan fingerprint density at radius 1 is 0.622 bits per heavy atom. The maximum Gasteiger partial charge on any atom is 0.0924 e. The molecule has 5 fully saturated rings. The molecule has 0 amide bonds. The number of hydrogen-bond donors (Lipinski definition) is 1. The van der Waals surface area contributed by atoms with Gasteiger partial charge in [0.05, 0.1) is 64.1 Å². The zero-order valence-electron chi connectivity index (χ0n) is 24.4. The molecule has 5 aliphatic rings. The molecule has 0 unspecified atom stereocenters. The van der Waals surface area contributed by atoms with Crippen LogP contribution in [-0.2, 0) is 23.7 Å². The number of aliphatic hydroxyl groups is 1. The summed E-state index contributed by atoms with van der Waals surface area (Å²) in [6.45, 7) is 17.0. The molecule has 0 spiro atoms. The van der Waals surface area contributed by atoms with Crippen molar-refractivity contribution in [1.29, 1.82) is 0 Å². The van der Waals surface area contributed by atoms with E-state index in [0.29, 0.717) is 4.83 Å². The molecule has 0 bridgehead atoms. The molecule has 0 radical (unpaired) electrons. The minimum Gasteiger partial charge on any atom is -0.388 e. The minimum absolute atomic E-state index is 0.0253. The van der Waals surface area contributed by atoms with Crippen LogP contribution in [0.15, 0.2) is 0 Å². The quantitative estimate of drug-likeness (QED) is 0.394.